The Morgan fingerprint density at radius 1 is 1.17 bits per heavy atom. The molecule has 0 unspecified atom stereocenters. The van der Waals surface area contributed by atoms with Gasteiger partial charge in [0.25, 0.3) is 5.56 Å². The summed E-state index contributed by atoms with van der Waals surface area (Å²) < 4.78 is 6.55. The van der Waals surface area contributed by atoms with Gasteiger partial charge in [0, 0.05) is 23.0 Å². The summed E-state index contributed by atoms with van der Waals surface area (Å²) in [5.74, 6) is -0.577. The minimum absolute atomic E-state index is 0.0445. The molecule has 0 saturated heterocycles. The number of aromatic nitrogens is 2. The quantitative estimate of drug-likeness (QED) is 0.522. The molecule has 0 aliphatic heterocycles. The number of carbonyl (C=O) groups is 1. The first kappa shape index (κ1) is 16.5. The molecule has 5 nitrogen and oxygen atoms in total. The minimum atomic E-state index is -0.711. The molecule has 0 atom stereocenters. The molecule has 1 aromatic heterocycles. The Balaban J connectivity index is 2.11. The molecule has 3 aromatic rings. The van der Waals surface area contributed by atoms with Crippen LogP contribution < -0.4 is 10.3 Å². The number of fused-ring (bicyclic) bond motifs is 1. The van der Waals surface area contributed by atoms with Crippen LogP contribution in [0.3, 0.4) is 0 Å². The van der Waals surface area contributed by atoms with Crippen molar-refractivity contribution in [1.82, 2.24) is 9.78 Å². The van der Waals surface area contributed by atoms with Gasteiger partial charge in [-0.3, -0.25) is 4.79 Å². The Morgan fingerprint density at radius 2 is 1.88 bits per heavy atom. The van der Waals surface area contributed by atoms with Gasteiger partial charge in [0.05, 0.1) is 10.4 Å². The average Bonchev–Trinajstić information content (AvgIpc) is 2.58. The van der Waals surface area contributed by atoms with E-state index in [0.717, 1.165) is 0 Å². The Labute approximate surface area is 147 Å². The van der Waals surface area contributed by atoms with Crippen LogP contribution in [0, 0.1) is 0 Å². The second-order valence-corrected chi connectivity index (χ2v) is 5.82. The maximum atomic E-state index is 12.6. The molecule has 0 spiro atoms. The number of ether oxygens (including phenoxy) is 1. The summed E-state index contributed by atoms with van der Waals surface area (Å²) in [6.07, 6.45) is 0. The number of rotatable bonds is 3. The van der Waals surface area contributed by atoms with Gasteiger partial charge in [0.1, 0.15) is 0 Å². The summed E-state index contributed by atoms with van der Waals surface area (Å²) in [6.45, 7) is 2.11. The number of hydrogen-bond donors (Lipinski definition) is 0. The van der Waals surface area contributed by atoms with Gasteiger partial charge in [-0.1, -0.05) is 41.4 Å². The maximum absolute atomic E-state index is 12.6. The molecule has 1 heterocycles. The highest BCUT2D eigenvalue weighted by atomic mass is 35.5. The van der Waals surface area contributed by atoms with E-state index in [-0.39, 0.29) is 22.0 Å². The van der Waals surface area contributed by atoms with E-state index in [9.17, 15) is 9.59 Å². The molecular weight excluding hydrogens is 351 g/mol. The fourth-order valence-corrected chi connectivity index (χ4v) is 2.62. The zero-order chi connectivity index (χ0) is 17.3. The van der Waals surface area contributed by atoms with Crippen molar-refractivity contribution in [2.24, 2.45) is 0 Å². The van der Waals surface area contributed by atoms with Crippen LogP contribution in [0.5, 0.6) is 5.75 Å². The van der Waals surface area contributed by atoms with Crippen LogP contribution in [0.25, 0.3) is 10.8 Å². The van der Waals surface area contributed by atoms with Gasteiger partial charge in [0.15, 0.2) is 11.4 Å². The fourth-order valence-electron chi connectivity index (χ4n) is 2.30. The monoisotopic (exact) mass is 362 g/mol. The Kier molecular flexibility index (Phi) is 4.55. The van der Waals surface area contributed by atoms with Gasteiger partial charge in [-0.05, 0) is 25.1 Å². The van der Waals surface area contributed by atoms with Gasteiger partial charge in [-0.15, -0.1) is 0 Å². The number of benzene rings is 2. The van der Waals surface area contributed by atoms with E-state index >= 15 is 0 Å². The maximum Gasteiger partial charge on any atom is 0.364 e. The second-order valence-electron chi connectivity index (χ2n) is 4.98. The van der Waals surface area contributed by atoms with Crippen LogP contribution in [-0.4, -0.2) is 15.7 Å². The second kappa shape index (κ2) is 6.63. The van der Waals surface area contributed by atoms with Gasteiger partial charge < -0.3 is 4.74 Å². The highest BCUT2D eigenvalue weighted by molar-refractivity contribution is 6.34. The van der Waals surface area contributed by atoms with Crippen molar-refractivity contribution in [3.63, 3.8) is 0 Å². The minimum Gasteiger partial charge on any atom is -0.420 e. The SMILES string of the molecule is CCn1nc(C(=O)Oc2cc(Cl)ccc2Cl)c2ccccc2c1=O. The normalized spacial score (nSPS) is 10.8. The van der Waals surface area contributed by atoms with Crippen molar-refractivity contribution in [2.45, 2.75) is 13.5 Å². The standard InChI is InChI=1S/C17H12Cl2N2O3/c1-2-21-16(22)12-6-4-3-5-11(12)15(20-21)17(23)24-14-9-10(18)7-8-13(14)19/h3-9H,2H2,1H3. The third-order valence-corrected chi connectivity index (χ3v) is 4.00. The molecule has 0 amide bonds. The van der Waals surface area contributed by atoms with Crippen LogP contribution in [0.4, 0.5) is 0 Å². The first-order valence-electron chi connectivity index (χ1n) is 7.18. The largest absolute Gasteiger partial charge is 0.420 e. The molecular formula is C17H12Cl2N2O3. The Hall–Kier alpha value is -2.37. The molecule has 0 N–H and O–H groups in total. The molecule has 7 heteroatoms. The summed E-state index contributed by atoms with van der Waals surface area (Å²) in [6, 6.07) is 11.3. The molecule has 0 fully saturated rings. The average molecular weight is 363 g/mol. The predicted octanol–water partition coefficient (Wildman–Crippen LogP) is 3.94. The van der Waals surface area contributed by atoms with Crippen molar-refractivity contribution in [3.05, 3.63) is 68.6 Å². The third kappa shape index (κ3) is 3.00. The number of aryl methyl sites for hydroxylation is 1. The van der Waals surface area contributed by atoms with Crippen molar-refractivity contribution in [1.29, 1.82) is 0 Å². The smallest absolute Gasteiger partial charge is 0.364 e. The summed E-state index contributed by atoms with van der Waals surface area (Å²) in [4.78, 5) is 24.9. The van der Waals surface area contributed by atoms with Gasteiger partial charge >= 0.3 is 5.97 Å². The topological polar surface area (TPSA) is 61.2 Å². The summed E-state index contributed by atoms with van der Waals surface area (Å²) >= 11 is 11.9. The van der Waals surface area contributed by atoms with E-state index in [1.165, 1.54) is 16.8 Å². The van der Waals surface area contributed by atoms with Crippen LogP contribution in [0.2, 0.25) is 10.0 Å². The van der Waals surface area contributed by atoms with E-state index in [0.29, 0.717) is 22.3 Å². The molecule has 24 heavy (non-hydrogen) atoms. The van der Waals surface area contributed by atoms with E-state index in [1.54, 1.807) is 37.3 Å². The van der Waals surface area contributed by atoms with E-state index in [4.69, 9.17) is 27.9 Å². The van der Waals surface area contributed by atoms with Gasteiger partial charge in [0.2, 0.25) is 0 Å². The van der Waals surface area contributed by atoms with Crippen molar-refractivity contribution >= 4 is 39.9 Å². The molecule has 0 aliphatic rings. The lowest BCUT2D eigenvalue weighted by atomic mass is 10.1. The zero-order valence-corrected chi connectivity index (χ0v) is 14.1. The number of esters is 1. The molecule has 3 rings (SSSR count). The van der Waals surface area contributed by atoms with Crippen molar-refractivity contribution in [2.75, 3.05) is 0 Å². The number of nitrogens with zero attached hydrogens (tertiary/aromatic N) is 2. The predicted molar refractivity (Wildman–Crippen MR) is 93.1 cm³/mol. The lowest BCUT2D eigenvalue weighted by Gasteiger charge is -2.10. The molecule has 0 radical (unpaired) electrons. The van der Waals surface area contributed by atoms with Crippen molar-refractivity contribution < 1.29 is 9.53 Å². The lowest BCUT2D eigenvalue weighted by Crippen LogP contribution is -2.26. The molecule has 0 aliphatic carbocycles. The zero-order valence-electron chi connectivity index (χ0n) is 12.6. The number of hydrogen-bond acceptors (Lipinski definition) is 4. The van der Waals surface area contributed by atoms with Gasteiger partial charge in [-0.2, -0.15) is 5.10 Å². The van der Waals surface area contributed by atoms with Crippen LogP contribution in [0.1, 0.15) is 17.4 Å². The number of halogens is 2. The summed E-state index contributed by atoms with van der Waals surface area (Å²) in [5, 5.41) is 5.59. The summed E-state index contributed by atoms with van der Waals surface area (Å²) in [5.41, 5.74) is -0.214. The molecule has 0 saturated carbocycles. The Morgan fingerprint density at radius 3 is 2.58 bits per heavy atom. The van der Waals surface area contributed by atoms with Crippen LogP contribution in [-0.2, 0) is 6.54 Å². The fraction of sp³-hybridized carbons (Fsp3) is 0.118. The highest BCUT2D eigenvalue weighted by Crippen LogP contribution is 2.28. The van der Waals surface area contributed by atoms with E-state index in [1.807, 2.05) is 0 Å². The lowest BCUT2D eigenvalue weighted by molar-refractivity contribution is 0.0728. The molecule has 122 valence electrons. The van der Waals surface area contributed by atoms with E-state index < -0.39 is 5.97 Å². The van der Waals surface area contributed by atoms with Crippen molar-refractivity contribution in [3.8, 4) is 5.75 Å². The van der Waals surface area contributed by atoms with Gasteiger partial charge in [-0.25, -0.2) is 9.48 Å². The Bertz CT molecular complexity index is 999. The first-order valence-corrected chi connectivity index (χ1v) is 7.94. The van der Waals surface area contributed by atoms with E-state index in [2.05, 4.69) is 5.10 Å². The highest BCUT2D eigenvalue weighted by Gasteiger charge is 2.19. The third-order valence-electron chi connectivity index (χ3n) is 3.46. The molecule has 2 aromatic carbocycles. The first-order chi connectivity index (χ1) is 11.5. The molecule has 0 bridgehead atoms. The van der Waals surface area contributed by atoms with Crippen LogP contribution >= 0.6 is 23.2 Å². The van der Waals surface area contributed by atoms with Crippen LogP contribution in [0.15, 0.2) is 47.3 Å². The number of carbonyl (C=O) groups excluding carboxylic acids is 1. The summed E-state index contributed by atoms with van der Waals surface area (Å²) in [7, 11) is 0.